The van der Waals surface area contributed by atoms with E-state index in [0.29, 0.717) is 12.3 Å². The molecule has 0 unspecified atom stereocenters. The number of nitrogens with two attached hydrogens (primary N) is 1. The van der Waals surface area contributed by atoms with Crippen molar-refractivity contribution in [3.8, 4) is 11.8 Å². The van der Waals surface area contributed by atoms with Gasteiger partial charge in [0.05, 0.1) is 12.7 Å². The van der Waals surface area contributed by atoms with Crippen molar-refractivity contribution >= 4 is 5.70 Å². The molecule has 3 nitrogen and oxygen atoms in total. The predicted molar refractivity (Wildman–Crippen MR) is 60.0 cm³/mol. The summed E-state index contributed by atoms with van der Waals surface area (Å²) < 4.78 is 5.46. The molecule has 1 aromatic carbocycles. The highest BCUT2D eigenvalue weighted by Gasteiger charge is 1.98. The Morgan fingerprint density at radius 1 is 1.60 bits per heavy atom. The topological polar surface area (TPSA) is 59.0 Å². The Bertz CT molecular complexity index is 391. The standard InChI is InChI=1S/C12H14N2O/c1-2-8-15-11-5-3-4-10(9-11)12(14)6-7-13/h3-6,9H,2,8,14H2,1H3/b12-6-. The number of benzene rings is 1. The SMILES string of the molecule is CCCOc1cccc(/C(N)=C/C#N)c1. The summed E-state index contributed by atoms with van der Waals surface area (Å²) in [6, 6.07) is 9.32. The minimum Gasteiger partial charge on any atom is -0.494 e. The quantitative estimate of drug-likeness (QED) is 0.762. The zero-order chi connectivity index (χ0) is 11.1. The first-order valence-corrected chi connectivity index (χ1v) is 4.86. The summed E-state index contributed by atoms with van der Waals surface area (Å²) in [5.74, 6) is 0.781. The first-order valence-electron chi connectivity index (χ1n) is 4.86. The largest absolute Gasteiger partial charge is 0.494 e. The van der Waals surface area contributed by atoms with Gasteiger partial charge in [0.15, 0.2) is 0 Å². The first kappa shape index (κ1) is 11.1. The summed E-state index contributed by atoms with van der Waals surface area (Å²) in [6.45, 7) is 2.74. The molecule has 0 saturated heterocycles. The van der Waals surface area contributed by atoms with Crippen molar-refractivity contribution in [3.05, 3.63) is 35.9 Å². The van der Waals surface area contributed by atoms with Gasteiger partial charge in [-0.25, -0.2) is 0 Å². The molecular formula is C12H14N2O. The van der Waals surface area contributed by atoms with Gasteiger partial charge in [0.25, 0.3) is 0 Å². The molecule has 1 rings (SSSR count). The normalized spacial score (nSPS) is 10.8. The van der Waals surface area contributed by atoms with Crippen LogP contribution in [-0.4, -0.2) is 6.61 Å². The molecule has 0 aliphatic rings. The molecule has 0 saturated carbocycles. The Balaban J connectivity index is 2.83. The van der Waals surface area contributed by atoms with Crippen molar-refractivity contribution in [2.24, 2.45) is 5.73 Å². The number of rotatable bonds is 4. The van der Waals surface area contributed by atoms with Crippen LogP contribution in [0.5, 0.6) is 5.75 Å². The first-order chi connectivity index (χ1) is 7.27. The third-order valence-corrected chi connectivity index (χ3v) is 1.86. The molecule has 0 atom stereocenters. The fourth-order valence-corrected chi connectivity index (χ4v) is 1.14. The van der Waals surface area contributed by atoms with Crippen LogP contribution in [0.3, 0.4) is 0 Å². The smallest absolute Gasteiger partial charge is 0.119 e. The minimum absolute atomic E-state index is 0.458. The lowest BCUT2D eigenvalue weighted by Gasteiger charge is -2.06. The van der Waals surface area contributed by atoms with E-state index in [1.54, 1.807) is 0 Å². The summed E-state index contributed by atoms with van der Waals surface area (Å²) in [6.07, 6.45) is 2.28. The molecular weight excluding hydrogens is 188 g/mol. The van der Waals surface area contributed by atoms with Crippen LogP contribution in [0.15, 0.2) is 30.3 Å². The van der Waals surface area contributed by atoms with E-state index >= 15 is 0 Å². The Hall–Kier alpha value is -1.95. The number of nitriles is 1. The van der Waals surface area contributed by atoms with Gasteiger partial charge in [0, 0.05) is 17.3 Å². The molecule has 0 aliphatic heterocycles. The van der Waals surface area contributed by atoms with Crippen LogP contribution in [0.2, 0.25) is 0 Å². The lowest BCUT2D eigenvalue weighted by Crippen LogP contribution is -1.98. The van der Waals surface area contributed by atoms with Gasteiger partial charge in [-0.15, -0.1) is 0 Å². The maximum atomic E-state index is 8.47. The average Bonchev–Trinajstić information content (AvgIpc) is 2.27. The van der Waals surface area contributed by atoms with Crippen molar-refractivity contribution < 1.29 is 4.74 Å². The fraction of sp³-hybridized carbons (Fsp3) is 0.250. The van der Waals surface area contributed by atoms with Gasteiger partial charge >= 0.3 is 0 Å². The van der Waals surface area contributed by atoms with Crippen LogP contribution in [-0.2, 0) is 0 Å². The Labute approximate surface area is 89.8 Å². The number of nitrogens with zero attached hydrogens (tertiary/aromatic N) is 1. The van der Waals surface area contributed by atoms with Crippen LogP contribution in [0.4, 0.5) is 0 Å². The van der Waals surface area contributed by atoms with Gasteiger partial charge < -0.3 is 10.5 Å². The predicted octanol–water partition coefficient (Wildman–Crippen LogP) is 2.30. The van der Waals surface area contributed by atoms with E-state index in [1.807, 2.05) is 37.3 Å². The van der Waals surface area contributed by atoms with Gasteiger partial charge in [0.2, 0.25) is 0 Å². The van der Waals surface area contributed by atoms with Crippen LogP contribution < -0.4 is 10.5 Å². The average molecular weight is 202 g/mol. The number of hydrogen-bond acceptors (Lipinski definition) is 3. The van der Waals surface area contributed by atoms with E-state index in [-0.39, 0.29) is 0 Å². The van der Waals surface area contributed by atoms with E-state index in [1.165, 1.54) is 6.08 Å². The second kappa shape index (κ2) is 5.71. The number of hydrogen-bond donors (Lipinski definition) is 1. The van der Waals surface area contributed by atoms with Gasteiger partial charge in [-0.3, -0.25) is 0 Å². The second-order valence-electron chi connectivity index (χ2n) is 3.11. The molecule has 0 aromatic heterocycles. The lowest BCUT2D eigenvalue weighted by molar-refractivity contribution is 0.317. The Morgan fingerprint density at radius 2 is 2.40 bits per heavy atom. The maximum absolute atomic E-state index is 8.47. The van der Waals surface area contributed by atoms with Crippen molar-refractivity contribution in [2.75, 3.05) is 6.61 Å². The van der Waals surface area contributed by atoms with Crippen molar-refractivity contribution in [2.45, 2.75) is 13.3 Å². The van der Waals surface area contributed by atoms with E-state index in [0.717, 1.165) is 17.7 Å². The minimum atomic E-state index is 0.458. The summed E-state index contributed by atoms with van der Waals surface area (Å²) in [7, 11) is 0. The Morgan fingerprint density at radius 3 is 3.07 bits per heavy atom. The van der Waals surface area contributed by atoms with Gasteiger partial charge in [-0.05, 0) is 18.6 Å². The van der Waals surface area contributed by atoms with Crippen LogP contribution >= 0.6 is 0 Å². The fourth-order valence-electron chi connectivity index (χ4n) is 1.14. The van der Waals surface area contributed by atoms with Crippen LogP contribution in [0, 0.1) is 11.3 Å². The van der Waals surface area contributed by atoms with Gasteiger partial charge in [-0.1, -0.05) is 19.1 Å². The van der Waals surface area contributed by atoms with E-state index in [2.05, 4.69) is 0 Å². The second-order valence-corrected chi connectivity index (χ2v) is 3.11. The number of allylic oxidation sites excluding steroid dienone is 1. The molecule has 0 bridgehead atoms. The maximum Gasteiger partial charge on any atom is 0.119 e. The Kier molecular flexibility index (Phi) is 4.24. The molecule has 0 fully saturated rings. The van der Waals surface area contributed by atoms with Crippen molar-refractivity contribution in [3.63, 3.8) is 0 Å². The molecule has 15 heavy (non-hydrogen) atoms. The van der Waals surface area contributed by atoms with Crippen molar-refractivity contribution in [1.29, 1.82) is 5.26 Å². The van der Waals surface area contributed by atoms with Gasteiger partial charge in [-0.2, -0.15) is 5.26 Å². The van der Waals surface area contributed by atoms with Crippen LogP contribution in [0.25, 0.3) is 5.70 Å². The molecule has 1 aromatic rings. The molecule has 0 spiro atoms. The number of ether oxygens (including phenoxy) is 1. The summed E-state index contributed by atoms with van der Waals surface area (Å²) in [4.78, 5) is 0. The van der Waals surface area contributed by atoms with E-state index < -0.39 is 0 Å². The highest BCUT2D eigenvalue weighted by Crippen LogP contribution is 2.17. The molecule has 0 radical (unpaired) electrons. The third kappa shape index (κ3) is 3.35. The zero-order valence-electron chi connectivity index (χ0n) is 8.73. The molecule has 3 heteroatoms. The highest BCUT2D eigenvalue weighted by molar-refractivity contribution is 5.65. The van der Waals surface area contributed by atoms with E-state index in [4.69, 9.17) is 15.7 Å². The lowest BCUT2D eigenvalue weighted by atomic mass is 10.1. The van der Waals surface area contributed by atoms with Crippen LogP contribution in [0.1, 0.15) is 18.9 Å². The monoisotopic (exact) mass is 202 g/mol. The molecule has 0 heterocycles. The van der Waals surface area contributed by atoms with Crippen molar-refractivity contribution in [1.82, 2.24) is 0 Å². The summed E-state index contributed by atoms with van der Waals surface area (Å²) in [5.41, 5.74) is 6.95. The third-order valence-electron chi connectivity index (χ3n) is 1.86. The molecule has 78 valence electrons. The van der Waals surface area contributed by atoms with E-state index in [9.17, 15) is 0 Å². The molecule has 0 amide bonds. The molecule has 2 N–H and O–H groups in total. The molecule has 0 aliphatic carbocycles. The summed E-state index contributed by atoms with van der Waals surface area (Å²) in [5, 5.41) is 8.47. The zero-order valence-corrected chi connectivity index (χ0v) is 8.73. The van der Waals surface area contributed by atoms with Gasteiger partial charge in [0.1, 0.15) is 5.75 Å². The summed E-state index contributed by atoms with van der Waals surface area (Å²) >= 11 is 0. The highest BCUT2D eigenvalue weighted by atomic mass is 16.5.